The molecule has 0 spiro atoms. The molecular formula is C19H15FN2O3. The zero-order valence-electron chi connectivity index (χ0n) is 13.5. The largest absolute Gasteiger partial charge is 0.359 e. The molecule has 126 valence electrons. The lowest BCUT2D eigenvalue weighted by atomic mass is 10.0. The Balaban J connectivity index is 1.98. The number of halogens is 1. The quantitative estimate of drug-likeness (QED) is 0.725. The lowest BCUT2D eigenvalue weighted by Crippen LogP contribution is -2.20. The van der Waals surface area contributed by atoms with E-state index in [2.05, 4.69) is 10.5 Å². The second-order valence-corrected chi connectivity index (χ2v) is 5.38. The number of Topliss-reactive ketones (excluding diaryl/α,β-unsaturated/α-hetero) is 1. The Bertz CT molecular complexity index is 902. The third-order valence-electron chi connectivity index (χ3n) is 3.75. The standard InChI is InChI=1S/C19H15FN2O3/c1-21-19(24)17-16(11-15(23)12-5-3-2-4-6-12)25-22-18(17)13-7-9-14(20)10-8-13/h2-10H,11H2,1H3,(H,21,24). The van der Waals surface area contributed by atoms with Crippen LogP contribution in [0.15, 0.2) is 59.1 Å². The number of nitrogens with one attached hydrogen (secondary N) is 1. The molecule has 2 aromatic carbocycles. The van der Waals surface area contributed by atoms with Crippen LogP contribution in [-0.2, 0) is 6.42 Å². The SMILES string of the molecule is CNC(=O)c1c(-c2ccc(F)cc2)noc1CC(=O)c1ccccc1. The summed E-state index contributed by atoms with van der Waals surface area (Å²) in [5.41, 5.74) is 1.50. The molecule has 0 aliphatic heterocycles. The highest BCUT2D eigenvalue weighted by atomic mass is 19.1. The molecule has 1 amide bonds. The molecule has 0 radical (unpaired) electrons. The van der Waals surface area contributed by atoms with E-state index in [1.165, 1.54) is 31.3 Å². The Morgan fingerprint density at radius 3 is 2.40 bits per heavy atom. The number of amides is 1. The number of hydrogen-bond donors (Lipinski definition) is 1. The summed E-state index contributed by atoms with van der Waals surface area (Å²) in [7, 11) is 1.48. The van der Waals surface area contributed by atoms with Gasteiger partial charge in [-0.3, -0.25) is 9.59 Å². The van der Waals surface area contributed by atoms with Gasteiger partial charge in [0.1, 0.15) is 17.1 Å². The molecule has 0 unspecified atom stereocenters. The fraction of sp³-hybridized carbons (Fsp3) is 0.105. The van der Waals surface area contributed by atoms with Crippen molar-refractivity contribution in [1.82, 2.24) is 10.5 Å². The first-order valence-corrected chi connectivity index (χ1v) is 7.65. The van der Waals surface area contributed by atoms with Gasteiger partial charge in [0.15, 0.2) is 11.5 Å². The van der Waals surface area contributed by atoms with Gasteiger partial charge in [0.2, 0.25) is 0 Å². The van der Waals surface area contributed by atoms with Crippen molar-refractivity contribution in [3.63, 3.8) is 0 Å². The van der Waals surface area contributed by atoms with Gasteiger partial charge in [0, 0.05) is 18.2 Å². The molecule has 0 fully saturated rings. The summed E-state index contributed by atoms with van der Waals surface area (Å²) < 4.78 is 18.4. The number of hydrogen-bond acceptors (Lipinski definition) is 4. The molecule has 0 saturated carbocycles. The van der Waals surface area contributed by atoms with Crippen LogP contribution in [0.25, 0.3) is 11.3 Å². The summed E-state index contributed by atoms with van der Waals surface area (Å²) in [5.74, 6) is -0.829. The molecule has 6 heteroatoms. The average molecular weight is 338 g/mol. The lowest BCUT2D eigenvalue weighted by Gasteiger charge is -2.03. The van der Waals surface area contributed by atoms with E-state index in [4.69, 9.17) is 4.52 Å². The maximum atomic E-state index is 13.1. The number of carbonyl (C=O) groups excluding carboxylic acids is 2. The number of nitrogens with zero attached hydrogens (tertiary/aromatic N) is 1. The van der Waals surface area contributed by atoms with E-state index in [1.54, 1.807) is 24.3 Å². The molecule has 0 aliphatic carbocycles. The average Bonchev–Trinajstić information content (AvgIpc) is 3.06. The van der Waals surface area contributed by atoms with Gasteiger partial charge in [0.05, 0.1) is 6.42 Å². The Hall–Kier alpha value is -3.28. The topological polar surface area (TPSA) is 72.2 Å². The van der Waals surface area contributed by atoms with Crippen LogP contribution in [0.2, 0.25) is 0 Å². The number of aromatic nitrogens is 1. The van der Waals surface area contributed by atoms with Crippen molar-refractivity contribution in [3.8, 4) is 11.3 Å². The van der Waals surface area contributed by atoms with Crippen molar-refractivity contribution in [2.75, 3.05) is 7.05 Å². The van der Waals surface area contributed by atoms with E-state index in [0.29, 0.717) is 11.1 Å². The maximum absolute atomic E-state index is 13.1. The Morgan fingerprint density at radius 2 is 1.76 bits per heavy atom. The normalized spacial score (nSPS) is 10.5. The van der Waals surface area contributed by atoms with Crippen molar-refractivity contribution in [3.05, 3.63) is 77.3 Å². The minimum Gasteiger partial charge on any atom is -0.359 e. The summed E-state index contributed by atoms with van der Waals surface area (Å²) in [6, 6.07) is 14.3. The molecule has 3 rings (SSSR count). The van der Waals surface area contributed by atoms with Gasteiger partial charge in [-0.15, -0.1) is 0 Å². The fourth-order valence-corrected chi connectivity index (χ4v) is 2.48. The second kappa shape index (κ2) is 7.09. The highest BCUT2D eigenvalue weighted by molar-refractivity contribution is 6.03. The Kier molecular flexibility index (Phi) is 4.70. The van der Waals surface area contributed by atoms with Gasteiger partial charge < -0.3 is 9.84 Å². The zero-order chi connectivity index (χ0) is 17.8. The summed E-state index contributed by atoms with van der Waals surface area (Å²) in [4.78, 5) is 24.7. The van der Waals surface area contributed by atoms with Crippen LogP contribution < -0.4 is 5.32 Å². The van der Waals surface area contributed by atoms with Gasteiger partial charge in [-0.1, -0.05) is 35.5 Å². The molecule has 5 nitrogen and oxygen atoms in total. The van der Waals surface area contributed by atoms with Gasteiger partial charge in [0.25, 0.3) is 5.91 Å². The monoisotopic (exact) mass is 338 g/mol. The van der Waals surface area contributed by atoms with E-state index < -0.39 is 11.7 Å². The first kappa shape index (κ1) is 16.6. The van der Waals surface area contributed by atoms with E-state index in [1.807, 2.05) is 6.07 Å². The highest BCUT2D eigenvalue weighted by Crippen LogP contribution is 2.26. The molecule has 1 aromatic heterocycles. The van der Waals surface area contributed by atoms with Gasteiger partial charge in [-0.05, 0) is 24.3 Å². The minimum absolute atomic E-state index is 0.0963. The van der Waals surface area contributed by atoms with Crippen LogP contribution in [0.4, 0.5) is 4.39 Å². The van der Waals surface area contributed by atoms with Crippen molar-refractivity contribution in [1.29, 1.82) is 0 Å². The number of rotatable bonds is 5. The predicted octanol–water partition coefficient (Wildman–Crippen LogP) is 3.27. The second-order valence-electron chi connectivity index (χ2n) is 5.38. The van der Waals surface area contributed by atoms with Crippen LogP contribution >= 0.6 is 0 Å². The smallest absolute Gasteiger partial charge is 0.256 e. The van der Waals surface area contributed by atoms with Gasteiger partial charge >= 0.3 is 0 Å². The third kappa shape index (κ3) is 3.47. The van der Waals surface area contributed by atoms with Crippen LogP contribution in [0, 0.1) is 5.82 Å². The van der Waals surface area contributed by atoms with Gasteiger partial charge in [-0.2, -0.15) is 0 Å². The molecule has 3 aromatic rings. The van der Waals surface area contributed by atoms with E-state index in [-0.39, 0.29) is 29.2 Å². The van der Waals surface area contributed by atoms with Gasteiger partial charge in [-0.25, -0.2) is 4.39 Å². The number of carbonyl (C=O) groups is 2. The van der Waals surface area contributed by atoms with Crippen LogP contribution in [0.3, 0.4) is 0 Å². The van der Waals surface area contributed by atoms with Crippen molar-refractivity contribution < 1.29 is 18.5 Å². The molecule has 0 saturated heterocycles. The highest BCUT2D eigenvalue weighted by Gasteiger charge is 2.25. The van der Waals surface area contributed by atoms with E-state index in [9.17, 15) is 14.0 Å². The Labute approximate surface area is 143 Å². The molecular weight excluding hydrogens is 323 g/mol. The molecule has 0 atom stereocenters. The summed E-state index contributed by atoms with van der Waals surface area (Å²) in [6.45, 7) is 0. The van der Waals surface area contributed by atoms with Crippen molar-refractivity contribution >= 4 is 11.7 Å². The van der Waals surface area contributed by atoms with Crippen LogP contribution in [0.1, 0.15) is 26.5 Å². The van der Waals surface area contributed by atoms with Crippen LogP contribution in [-0.4, -0.2) is 23.9 Å². The van der Waals surface area contributed by atoms with Crippen molar-refractivity contribution in [2.45, 2.75) is 6.42 Å². The molecule has 25 heavy (non-hydrogen) atoms. The first-order chi connectivity index (χ1) is 12.1. The lowest BCUT2D eigenvalue weighted by molar-refractivity contribution is 0.0960. The minimum atomic E-state index is -0.420. The predicted molar refractivity (Wildman–Crippen MR) is 89.8 cm³/mol. The molecule has 1 heterocycles. The zero-order valence-corrected chi connectivity index (χ0v) is 13.5. The van der Waals surface area contributed by atoms with Crippen LogP contribution in [0.5, 0.6) is 0 Å². The Morgan fingerprint density at radius 1 is 1.08 bits per heavy atom. The number of ketones is 1. The summed E-state index contributed by atoms with van der Waals surface area (Å²) >= 11 is 0. The van der Waals surface area contributed by atoms with Crippen molar-refractivity contribution in [2.24, 2.45) is 0 Å². The summed E-state index contributed by atoms with van der Waals surface area (Å²) in [5, 5.41) is 6.44. The molecule has 0 aliphatic rings. The molecule has 0 bridgehead atoms. The maximum Gasteiger partial charge on any atom is 0.256 e. The fourth-order valence-electron chi connectivity index (χ4n) is 2.48. The molecule has 1 N–H and O–H groups in total. The third-order valence-corrected chi connectivity index (χ3v) is 3.75. The number of benzene rings is 2. The summed E-state index contributed by atoms with van der Waals surface area (Å²) in [6.07, 6.45) is -0.0963. The van der Waals surface area contributed by atoms with E-state index >= 15 is 0 Å². The van der Waals surface area contributed by atoms with E-state index in [0.717, 1.165) is 0 Å². The first-order valence-electron chi connectivity index (χ1n) is 7.65.